The van der Waals surface area contributed by atoms with Crippen molar-refractivity contribution in [3.8, 4) is 0 Å². The Morgan fingerprint density at radius 3 is 3.05 bits per heavy atom. The van der Waals surface area contributed by atoms with Gasteiger partial charge in [0.05, 0.1) is 6.54 Å². The number of aliphatic imine (C=N–C) groups is 1. The van der Waals surface area contributed by atoms with E-state index in [1.54, 1.807) is 11.3 Å². The van der Waals surface area contributed by atoms with Gasteiger partial charge in [-0.2, -0.15) is 0 Å². The molecule has 1 aromatic heterocycles. The average molecular weight is 308 g/mol. The smallest absolute Gasteiger partial charge is 0.188 e. The maximum Gasteiger partial charge on any atom is 0.188 e. The molecule has 1 fully saturated rings. The van der Waals surface area contributed by atoms with Crippen molar-refractivity contribution < 1.29 is 0 Å². The van der Waals surface area contributed by atoms with E-state index in [-0.39, 0.29) is 5.41 Å². The second-order valence-electron chi connectivity index (χ2n) is 6.37. The molecule has 0 aliphatic carbocycles. The van der Waals surface area contributed by atoms with Crippen LogP contribution in [0, 0.1) is 0 Å². The normalized spacial score (nSPS) is 20.9. The summed E-state index contributed by atoms with van der Waals surface area (Å²) >= 11 is 1.78. The van der Waals surface area contributed by atoms with Crippen LogP contribution in [-0.4, -0.2) is 43.1 Å². The summed E-state index contributed by atoms with van der Waals surface area (Å²) in [6.07, 6.45) is 2.55. The molecule has 3 N–H and O–H groups in total. The summed E-state index contributed by atoms with van der Waals surface area (Å²) in [6, 6.07) is 4.86. The van der Waals surface area contributed by atoms with Gasteiger partial charge >= 0.3 is 0 Å². The Morgan fingerprint density at radius 1 is 1.57 bits per heavy atom. The van der Waals surface area contributed by atoms with Crippen LogP contribution in [0.2, 0.25) is 0 Å². The lowest BCUT2D eigenvalue weighted by molar-refractivity contribution is 0.267. The molecule has 118 valence electrons. The van der Waals surface area contributed by atoms with Crippen LogP contribution in [0.4, 0.5) is 0 Å². The predicted molar refractivity (Wildman–Crippen MR) is 92.1 cm³/mol. The molecule has 0 saturated carbocycles. The quantitative estimate of drug-likeness (QED) is 0.627. The number of nitrogens with two attached hydrogens (primary N) is 1. The molecule has 2 heterocycles. The van der Waals surface area contributed by atoms with Gasteiger partial charge in [0.1, 0.15) is 0 Å². The van der Waals surface area contributed by atoms with E-state index in [0.29, 0.717) is 18.5 Å². The van der Waals surface area contributed by atoms with Gasteiger partial charge in [-0.3, -0.25) is 9.89 Å². The number of hydrogen-bond acceptors (Lipinski definition) is 3. The third-order valence-electron chi connectivity index (χ3n) is 4.26. The topological polar surface area (TPSA) is 53.6 Å². The first-order chi connectivity index (χ1) is 10.0. The summed E-state index contributed by atoms with van der Waals surface area (Å²) in [5, 5.41) is 5.41. The highest BCUT2D eigenvalue weighted by Crippen LogP contribution is 2.27. The fourth-order valence-corrected chi connectivity index (χ4v) is 3.69. The van der Waals surface area contributed by atoms with Crippen molar-refractivity contribution >= 4 is 17.3 Å². The predicted octanol–water partition coefficient (Wildman–Crippen LogP) is 2.41. The van der Waals surface area contributed by atoms with E-state index in [9.17, 15) is 0 Å². The number of likely N-dealkylation sites (N-methyl/N-ethyl adjacent to an activating group) is 1. The lowest BCUT2D eigenvalue weighted by atomic mass is 9.92. The molecule has 1 aliphatic rings. The van der Waals surface area contributed by atoms with Gasteiger partial charge in [0.2, 0.25) is 0 Å². The van der Waals surface area contributed by atoms with Gasteiger partial charge < -0.3 is 11.1 Å². The monoisotopic (exact) mass is 308 g/mol. The molecule has 0 aromatic carbocycles. The van der Waals surface area contributed by atoms with Crippen molar-refractivity contribution in [2.45, 2.75) is 45.1 Å². The van der Waals surface area contributed by atoms with Crippen LogP contribution in [0.25, 0.3) is 0 Å². The molecule has 1 saturated heterocycles. The van der Waals surface area contributed by atoms with E-state index in [0.717, 1.165) is 13.1 Å². The third kappa shape index (κ3) is 4.45. The molecule has 0 bridgehead atoms. The molecule has 4 nitrogen and oxygen atoms in total. The number of hydrogen-bond donors (Lipinski definition) is 2. The van der Waals surface area contributed by atoms with Gasteiger partial charge in [-0.05, 0) is 37.4 Å². The second-order valence-corrected chi connectivity index (χ2v) is 7.32. The summed E-state index contributed by atoms with van der Waals surface area (Å²) in [4.78, 5) is 8.40. The highest BCUT2D eigenvalue weighted by molar-refractivity contribution is 7.10. The van der Waals surface area contributed by atoms with Gasteiger partial charge in [-0.15, -0.1) is 11.3 Å². The van der Waals surface area contributed by atoms with Crippen molar-refractivity contribution in [3.05, 3.63) is 22.4 Å². The van der Waals surface area contributed by atoms with Crippen LogP contribution in [-0.2, 0) is 5.41 Å². The summed E-state index contributed by atoms with van der Waals surface area (Å²) in [7, 11) is 0. The molecule has 21 heavy (non-hydrogen) atoms. The zero-order valence-electron chi connectivity index (χ0n) is 13.4. The molecule has 5 heteroatoms. The van der Waals surface area contributed by atoms with Crippen molar-refractivity contribution in [1.29, 1.82) is 0 Å². The number of thiophene rings is 1. The van der Waals surface area contributed by atoms with Crippen LogP contribution in [0.15, 0.2) is 22.5 Å². The van der Waals surface area contributed by atoms with E-state index in [2.05, 4.69) is 53.5 Å². The van der Waals surface area contributed by atoms with Gasteiger partial charge in [-0.25, -0.2) is 0 Å². The van der Waals surface area contributed by atoms with Crippen LogP contribution in [0.3, 0.4) is 0 Å². The minimum atomic E-state index is 0.0449. The van der Waals surface area contributed by atoms with E-state index in [1.807, 2.05) is 0 Å². The van der Waals surface area contributed by atoms with Gasteiger partial charge in [0.25, 0.3) is 0 Å². The minimum Gasteiger partial charge on any atom is -0.370 e. The van der Waals surface area contributed by atoms with Gasteiger partial charge in [0.15, 0.2) is 5.96 Å². The second kappa shape index (κ2) is 7.27. The largest absolute Gasteiger partial charge is 0.370 e. The maximum atomic E-state index is 6.02. The fraction of sp³-hybridized carbons (Fsp3) is 0.688. The van der Waals surface area contributed by atoms with E-state index >= 15 is 0 Å². The first-order valence-electron chi connectivity index (χ1n) is 7.85. The summed E-state index contributed by atoms with van der Waals surface area (Å²) in [6.45, 7) is 10.6. The van der Waals surface area contributed by atoms with Gasteiger partial charge in [-0.1, -0.05) is 26.8 Å². The van der Waals surface area contributed by atoms with Crippen molar-refractivity contribution in [1.82, 2.24) is 10.2 Å². The van der Waals surface area contributed by atoms with Crippen molar-refractivity contribution in [3.63, 3.8) is 0 Å². The average Bonchev–Trinajstić information content (AvgIpc) is 3.13. The van der Waals surface area contributed by atoms with Crippen molar-refractivity contribution in [2.75, 3.05) is 26.2 Å². The lowest BCUT2D eigenvalue weighted by Gasteiger charge is -2.24. The lowest BCUT2D eigenvalue weighted by Crippen LogP contribution is -2.43. The first kappa shape index (κ1) is 16.3. The van der Waals surface area contributed by atoms with Gasteiger partial charge in [0, 0.05) is 22.9 Å². The Morgan fingerprint density at radius 2 is 2.38 bits per heavy atom. The van der Waals surface area contributed by atoms with E-state index in [4.69, 9.17) is 5.73 Å². The molecule has 1 aromatic rings. The number of nitrogens with zero attached hydrogens (tertiary/aromatic N) is 2. The number of likely N-dealkylation sites (tertiary alicyclic amines) is 1. The molecule has 2 rings (SSSR count). The molecule has 1 unspecified atom stereocenters. The summed E-state index contributed by atoms with van der Waals surface area (Å²) in [5.41, 5.74) is 6.07. The Balaban J connectivity index is 1.81. The minimum absolute atomic E-state index is 0.0449. The highest BCUT2D eigenvalue weighted by Gasteiger charge is 2.23. The molecule has 0 spiro atoms. The standard InChI is InChI=1S/C16H28N4S/c1-4-20-9-5-7-13(20)11-18-15(17)19-12-16(2,3)14-8-6-10-21-14/h6,8,10,13H,4-5,7,9,11-12H2,1-3H3,(H3,17,18,19). The summed E-state index contributed by atoms with van der Waals surface area (Å²) < 4.78 is 0. The van der Waals surface area contributed by atoms with E-state index < -0.39 is 0 Å². The van der Waals surface area contributed by atoms with Crippen LogP contribution >= 0.6 is 11.3 Å². The highest BCUT2D eigenvalue weighted by atomic mass is 32.1. The van der Waals surface area contributed by atoms with Crippen molar-refractivity contribution in [2.24, 2.45) is 10.7 Å². The SMILES string of the molecule is CCN1CCCC1CNC(N)=NCC(C)(C)c1cccs1. The van der Waals surface area contributed by atoms with E-state index in [1.165, 1.54) is 24.3 Å². The molecular weight excluding hydrogens is 280 g/mol. The number of guanidine groups is 1. The third-order valence-corrected chi connectivity index (χ3v) is 5.49. The number of rotatable bonds is 6. The molecular formula is C16H28N4S. The van der Waals surface area contributed by atoms with Crippen LogP contribution in [0.5, 0.6) is 0 Å². The Labute approximate surface area is 132 Å². The zero-order valence-corrected chi connectivity index (χ0v) is 14.2. The Bertz CT molecular complexity index is 453. The summed E-state index contributed by atoms with van der Waals surface area (Å²) in [5.74, 6) is 0.572. The van der Waals surface area contributed by atoms with Crippen LogP contribution in [0.1, 0.15) is 38.5 Å². The molecule has 0 radical (unpaired) electrons. The Kier molecular flexibility index (Phi) is 5.65. The Hall–Kier alpha value is -1.07. The maximum absolute atomic E-state index is 6.02. The van der Waals surface area contributed by atoms with Crippen LogP contribution < -0.4 is 11.1 Å². The number of nitrogens with one attached hydrogen (secondary N) is 1. The molecule has 1 atom stereocenters. The first-order valence-corrected chi connectivity index (χ1v) is 8.72. The fourth-order valence-electron chi connectivity index (χ4n) is 2.85. The molecule has 1 aliphatic heterocycles. The zero-order chi connectivity index (χ0) is 15.3. The molecule has 0 amide bonds.